The highest BCUT2D eigenvalue weighted by molar-refractivity contribution is 8.13. The molecule has 2 aromatic rings. The molecule has 0 saturated carbocycles. The van der Waals surface area contributed by atoms with Crippen LogP contribution in [0.4, 0.5) is 23.7 Å². The van der Waals surface area contributed by atoms with Crippen LogP contribution in [0, 0.1) is 10.1 Å². The van der Waals surface area contributed by atoms with Gasteiger partial charge in [0.1, 0.15) is 11.5 Å². The van der Waals surface area contributed by atoms with E-state index >= 15 is 0 Å². The van der Waals surface area contributed by atoms with Crippen LogP contribution >= 0.6 is 23.4 Å². The van der Waals surface area contributed by atoms with Crippen molar-refractivity contribution in [3.8, 4) is 17.2 Å². The molecule has 0 spiro atoms. The molecule has 0 atom stereocenters. The summed E-state index contributed by atoms with van der Waals surface area (Å²) in [6.45, 7) is 5.84. The quantitative estimate of drug-likeness (QED) is 0.267. The number of amides is 1. The molecule has 0 N–H and O–H groups in total. The maximum atomic E-state index is 12.6. The van der Waals surface area contributed by atoms with Gasteiger partial charge < -0.3 is 14.4 Å². The maximum Gasteiger partial charge on any atom is 0.416 e. The van der Waals surface area contributed by atoms with Crippen molar-refractivity contribution in [1.29, 1.82) is 0 Å². The third-order valence-corrected chi connectivity index (χ3v) is 6.14. The fourth-order valence-corrected chi connectivity index (χ4v) is 4.17. The van der Waals surface area contributed by atoms with Gasteiger partial charge in [0.15, 0.2) is 0 Å². The number of hydrogen-bond donors (Lipinski definition) is 0. The number of ether oxygens (including phenoxy) is 2. The van der Waals surface area contributed by atoms with Gasteiger partial charge in [-0.05, 0) is 49.8 Å². The number of thioether (sulfide) groups is 1. The summed E-state index contributed by atoms with van der Waals surface area (Å²) in [5.41, 5.74) is -1.15. The molecule has 36 heavy (non-hydrogen) atoms. The second-order valence-electron chi connectivity index (χ2n) is 7.66. The average Bonchev–Trinajstić information content (AvgIpc) is 3.10. The van der Waals surface area contributed by atoms with Gasteiger partial charge in [-0.25, -0.2) is 0 Å². The summed E-state index contributed by atoms with van der Waals surface area (Å²) >= 11 is 7.24. The molecule has 0 bridgehead atoms. The van der Waals surface area contributed by atoms with Gasteiger partial charge in [0.05, 0.1) is 22.1 Å². The van der Waals surface area contributed by atoms with Crippen molar-refractivity contribution < 1.29 is 32.4 Å². The van der Waals surface area contributed by atoms with Crippen LogP contribution in [0.5, 0.6) is 17.2 Å². The number of carbonyl (C=O) groups is 1. The normalized spacial score (nSPS) is 13.8. The molecule has 0 radical (unpaired) electrons. The van der Waals surface area contributed by atoms with E-state index in [-0.39, 0.29) is 39.8 Å². The van der Waals surface area contributed by atoms with Gasteiger partial charge in [0.2, 0.25) is 5.75 Å². The Balaban J connectivity index is 0.000000319. The highest BCUT2D eigenvalue weighted by atomic mass is 35.5. The molecule has 3 rings (SSSR count). The number of nitrogens with zero attached hydrogens (tertiary/aromatic N) is 2. The molecular formula is C24H28ClF3N2O5S. The molecule has 7 nitrogen and oxygen atoms in total. The van der Waals surface area contributed by atoms with E-state index in [1.807, 2.05) is 11.8 Å². The zero-order valence-corrected chi connectivity index (χ0v) is 21.5. The third kappa shape index (κ3) is 9.09. The molecule has 1 aliphatic heterocycles. The molecule has 0 aromatic heterocycles. The number of hydrogen-bond acceptors (Lipinski definition) is 6. The van der Waals surface area contributed by atoms with Gasteiger partial charge in [-0.2, -0.15) is 13.2 Å². The fraction of sp³-hybridized carbons (Fsp3) is 0.458. The van der Waals surface area contributed by atoms with Crippen molar-refractivity contribution in [3.05, 3.63) is 57.1 Å². The molecule has 1 fully saturated rings. The number of carbonyl (C=O) groups excluding carboxylic acids is 1. The summed E-state index contributed by atoms with van der Waals surface area (Å²) in [5, 5.41) is 11.0. The molecule has 1 heterocycles. The summed E-state index contributed by atoms with van der Waals surface area (Å²) in [6, 6.07) is 6.40. The first-order chi connectivity index (χ1) is 17.1. The largest absolute Gasteiger partial charge is 0.487 e. The van der Waals surface area contributed by atoms with E-state index in [4.69, 9.17) is 21.1 Å². The predicted molar refractivity (Wildman–Crippen MR) is 134 cm³/mol. The van der Waals surface area contributed by atoms with Crippen LogP contribution < -0.4 is 9.47 Å². The Hall–Kier alpha value is -2.66. The molecule has 1 amide bonds. The van der Waals surface area contributed by atoms with Crippen molar-refractivity contribution in [2.75, 3.05) is 25.4 Å². The summed E-state index contributed by atoms with van der Waals surface area (Å²) in [5.74, 6) is 1.02. The van der Waals surface area contributed by atoms with E-state index < -0.39 is 16.7 Å². The van der Waals surface area contributed by atoms with E-state index in [2.05, 4.69) is 0 Å². The van der Waals surface area contributed by atoms with E-state index in [1.165, 1.54) is 55.6 Å². The number of nitro groups is 1. The van der Waals surface area contributed by atoms with Crippen LogP contribution in [0.15, 0.2) is 36.4 Å². The highest BCUT2D eigenvalue weighted by Crippen LogP contribution is 2.38. The average molecular weight is 549 g/mol. The van der Waals surface area contributed by atoms with E-state index in [0.29, 0.717) is 0 Å². The zero-order chi connectivity index (χ0) is 26.7. The molecular weight excluding hydrogens is 521 g/mol. The molecule has 0 unspecified atom stereocenters. The number of likely N-dealkylation sites (tertiary alicyclic amines) is 1. The Labute approximate surface area is 217 Å². The second kappa shape index (κ2) is 14.2. The Kier molecular flexibility index (Phi) is 11.6. The third-order valence-electron chi connectivity index (χ3n) is 5.05. The summed E-state index contributed by atoms with van der Waals surface area (Å²) in [4.78, 5) is 23.7. The number of rotatable bonds is 6. The second-order valence-corrected chi connectivity index (χ2v) is 9.29. The minimum atomic E-state index is -4.52. The van der Waals surface area contributed by atoms with Crippen molar-refractivity contribution in [2.45, 2.75) is 45.7 Å². The monoisotopic (exact) mass is 548 g/mol. The van der Waals surface area contributed by atoms with Crippen LogP contribution in [0.3, 0.4) is 0 Å². The van der Waals surface area contributed by atoms with Gasteiger partial charge in [-0.15, -0.1) is 0 Å². The van der Waals surface area contributed by atoms with Crippen molar-refractivity contribution in [3.63, 3.8) is 0 Å². The Bertz CT molecular complexity index is 1030. The SMILES string of the molecule is CCOc1cc(Oc2ccc(C(F)(F)F)cc2Cl)ccc1[N+](=O)[O-].CCSC(=O)N1CCCCCC1. The van der Waals surface area contributed by atoms with Crippen LogP contribution in [-0.2, 0) is 6.18 Å². The lowest BCUT2D eigenvalue weighted by Gasteiger charge is -2.18. The Morgan fingerprint density at radius 1 is 1.08 bits per heavy atom. The number of halogens is 4. The molecule has 0 aliphatic carbocycles. The first-order valence-corrected chi connectivity index (χ1v) is 12.8. The van der Waals surface area contributed by atoms with Crippen LogP contribution in [0.2, 0.25) is 5.02 Å². The Morgan fingerprint density at radius 3 is 2.28 bits per heavy atom. The number of benzene rings is 2. The van der Waals surface area contributed by atoms with E-state index in [9.17, 15) is 28.1 Å². The van der Waals surface area contributed by atoms with Crippen LogP contribution in [0.25, 0.3) is 0 Å². The maximum absolute atomic E-state index is 12.6. The van der Waals surface area contributed by atoms with Crippen LogP contribution in [0.1, 0.15) is 45.1 Å². The predicted octanol–water partition coefficient (Wildman–Crippen LogP) is 8.19. The minimum Gasteiger partial charge on any atom is -0.487 e. The number of alkyl halides is 3. The molecule has 1 saturated heterocycles. The zero-order valence-electron chi connectivity index (χ0n) is 20.0. The fourth-order valence-electron chi connectivity index (χ4n) is 3.33. The summed E-state index contributed by atoms with van der Waals surface area (Å²) in [7, 11) is 0. The lowest BCUT2D eigenvalue weighted by atomic mass is 10.2. The Morgan fingerprint density at radius 2 is 1.75 bits per heavy atom. The lowest BCUT2D eigenvalue weighted by Crippen LogP contribution is -2.28. The smallest absolute Gasteiger partial charge is 0.416 e. The standard InChI is InChI=1S/C15H11ClF3NO4.C9H17NOS/c1-2-23-14-8-10(4-5-12(14)20(21)22)24-13-6-3-9(7-11(13)16)15(17,18)19;1-2-12-9(11)10-7-5-3-4-6-8-10/h3-8H,2H2,1H3;2-8H2,1H3. The van der Waals surface area contributed by atoms with Gasteiger partial charge in [-0.3, -0.25) is 14.9 Å². The van der Waals surface area contributed by atoms with E-state index in [0.717, 1.165) is 37.0 Å². The molecule has 12 heteroatoms. The first-order valence-electron chi connectivity index (χ1n) is 11.4. The van der Waals surface area contributed by atoms with Crippen LogP contribution in [-0.4, -0.2) is 40.5 Å². The minimum absolute atomic E-state index is 0.0111. The first kappa shape index (κ1) is 29.6. The van der Waals surface area contributed by atoms with Gasteiger partial charge in [0, 0.05) is 25.2 Å². The molecule has 1 aliphatic rings. The van der Waals surface area contributed by atoms with Crippen molar-refractivity contribution >= 4 is 34.3 Å². The summed E-state index contributed by atoms with van der Waals surface area (Å²) in [6.07, 6.45) is 0.449. The highest BCUT2D eigenvalue weighted by Gasteiger charge is 2.31. The van der Waals surface area contributed by atoms with E-state index in [1.54, 1.807) is 6.92 Å². The number of nitro benzene ring substituents is 1. The van der Waals surface area contributed by atoms with Gasteiger partial charge in [0.25, 0.3) is 5.24 Å². The van der Waals surface area contributed by atoms with Gasteiger partial charge in [-0.1, -0.05) is 43.1 Å². The summed E-state index contributed by atoms with van der Waals surface area (Å²) < 4.78 is 48.4. The van der Waals surface area contributed by atoms with Gasteiger partial charge >= 0.3 is 11.9 Å². The topological polar surface area (TPSA) is 81.9 Å². The lowest BCUT2D eigenvalue weighted by molar-refractivity contribution is -0.385. The van der Waals surface area contributed by atoms with Crippen molar-refractivity contribution in [1.82, 2.24) is 4.90 Å². The molecule has 2 aromatic carbocycles. The van der Waals surface area contributed by atoms with Crippen molar-refractivity contribution in [2.24, 2.45) is 0 Å². The molecule has 198 valence electrons.